The van der Waals surface area contributed by atoms with Crippen molar-refractivity contribution in [3.05, 3.63) is 28.3 Å². The summed E-state index contributed by atoms with van der Waals surface area (Å²) in [6, 6.07) is 2.09. The van der Waals surface area contributed by atoms with Gasteiger partial charge in [-0.05, 0) is 56.1 Å². The van der Waals surface area contributed by atoms with Gasteiger partial charge in [-0.25, -0.2) is 0 Å². The maximum Gasteiger partial charge on any atom is 0.122 e. The SMILES string of the molecule is COc1cc(C)c(CN(C)CCO)c(C)c1C. The van der Waals surface area contributed by atoms with Crippen molar-refractivity contribution in [2.75, 3.05) is 27.3 Å². The summed E-state index contributed by atoms with van der Waals surface area (Å²) in [6.07, 6.45) is 0. The number of hydrogen-bond acceptors (Lipinski definition) is 3. The third kappa shape index (κ3) is 3.20. The Labute approximate surface area is 104 Å². The van der Waals surface area contributed by atoms with Crippen LogP contribution in [0.15, 0.2) is 6.07 Å². The van der Waals surface area contributed by atoms with Gasteiger partial charge in [-0.3, -0.25) is 4.90 Å². The Morgan fingerprint density at radius 1 is 1.24 bits per heavy atom. The summed E-state index contributed by atoms with van der Waals surface area (Å²) >= 11 is 0. The zero-order valence-electron chi connectivity index (χ0n) is 11.5. The van der Waals surface area contributed by atoms with E-state index in [1.165, 1.54) is 22.3 Å². The first kappa shape index (κ1) is 14.0. The molecule has 96 valence electrons. The van der Waals surface area contributed by atoms with Crippen LogP contribution in [0.25, 0.3) is 0 Å². The van der Waals surface area contributed by atoms with Crippen molar-refractivity contribution in [3.8, 4) is 5.75 Å². The number of benzene rings is 1. The average molecular weight is 237 g/mol. The number of ether oxygens (including phenoxy) is 1. The zero-order valence-corrected chi connectivity index (χ0v) is 11.5. The quantitative estimate of drug-likeness (QED) is 0.850. The third-order valence-electron chi connectivity index (χ3n) is 3.34. The van der Waals surface area contributed by atoms with Crippen LogP contribution in [-0.4, -0.2) is 37.3 Å². The number of rotatable bonds is 5. The maximum absolute atomic E-state index is 8.93. The van der Waals surface area contributed by atoms with Gasteiger partial charge in [0, 0.05) is 13.1 Å². The third-order valence-corrected chi connectivity index (χ3v) is 3.34. The second-order valence-corrected chi connectivity index (χ2v) is 4.59. The highest BCUT2D eigenvalue weighted by Crippen LogP contribution is 2.28. The maximum atomic E-state index is 8.93. The first-order valence-electron chi connectivity index (χ1n) is 5.94. The number of likely N-dealkylation sites (N-methyl/N-ethyl adjacent to an activating group) is 1. The molecule has 0 radical (unpaired) electrons. The van der Waals surface area contributed by atoms with E-state index in [-0.39, 0.29) is 6.61 Å². The summed E-state index contributed by atoms with van der Waals surface area (Å²) in [4.78, 5) is 2.13. The van der Waals surface area contributed by atoms with Crippen molar-refractivity contribution in [2.24, 2.45) is 0 Å². The standard InChI is InChI=1S/C14H23NO2/c1-10-8-14(17-5)12(3)11(2)13(10)9-15(4)6-7-16/h8,16H,6-7,9H2,1-5H3. The second-order valence-electron chi connectivity index (χ2n) is 4.59. The van der Waals surface area contributed by atoms with Crippen molar-refractivity contribution < 1.29 is 9.84 Å². The molecule has 0 aliphatic rings. The van der Waals surface area contributed by atoms with E-state index in [1.54, 1.807) is 7.11 Å². The van der Waals surface area contributed by atoms with Crippen LogP contribution in [0.5, 0.6) is 5.75 Å². The van der Waals surface area contributed by atoms with Crippen molar-refractivity contribution >= 4 is 0 Å². The van der Waals surface area contributed by atoms with Crippen LogP contribution >= 0.6 is 0 Å². The van der Waals surface area contributed by atoms with E-state index in [0.717, 1.165) is 12.3 Å². The van der Waals surface area contributed by atoms with Crippen LogP contribution in [0.3, 0.4) is 0 Å². The lowest BCUT2D eigenvalue weighted by Gasteiger charge is -2.21. The predicted molar refractivity (Wildman–Crippen MR) is 70.6 cm³/mol. The molecular formula is C14H23NO2. The molecule has 1 rings (SSSR count). The van der Waals surface area contributed by atoms with Crippen molar-refractivity contribution in [1.29, 1.82) is 0 Å². The Balaban J connectivity index is 3.04. The highest BCUT2D eigenvalue weighted by atomic mass is 16.5. The van der Waals surface area contributed by atoms with Gasteiger partial charge < -0.3 is 9.84 Å². The monoisotopic (exact) mass is 237 g/mol. The molecule has 0 bridgehead atoms. The molecule has 1 aromatic carbocycles. The predicted octanol–water partition coefficient (Wildman–Crippen LogP) is 2.04. The molecule has 0 aromatic heterocycles. The summed E-state index contributed by atoms with van der Waals surface area (Å²) in [5, 5.41) is 8.93. The largest absolute Gasteiger partial charge is 0.496 e. The van der Waals surface area contributed by atoms with Gasteiger partial charge in [-0.1, -0.05) is 0 Å². The molecular weight excluding hydrogens is 214 g/mol. The Bertz CT molecular complexity index is 388. The van der Waals surface area contributed by atoms with Gasteiger partial charge in [0.2, 0.25) is 0 Å². The zero-order chi connectivity index (χ0) is 13.0. The first-order valence-corrected chi connectivity index (χ1v) is 5.94. The van der Waals surface area contributed by atoms with Gasteiger partial charge in [0.1, 0.15) is 5.75 Å². The van der Waals surface area contributed by atoms with Crippen LogP contribution in [0.1, 0.15) is 22.3 Å². The molecule has 0 saturated carbocycles. The minimum atomic E-state index is 0.198. The molecule has 17 heavy (non-hydrogen) atoms. The number of methoxy groups -OCH3 is 1. The molecule has 0 saturated heterocycles. The number of aliphatic hydroxyl groups is 1. The van der Waals surface area contributed by atoms with E-state index in [0.29, 0.717) is 6.54 Å². The van der Waals surface area contributed by atoms with Crippen LogP contribution in [0.2, 0.25) is 0 Å². The van der Waals surface area contributed by atoms with Crippen molar-refractivity contribution in [1.82, 2.24) is 4.90 Å². The number of aryl methyl sites for hydroxylation is 1. The summed E-state index contributed by atoms with van der Waals surface area (Å²) < 4.78 is 5.36. The van der Waals surface area contributed by atoms with Gasteiger partial charge >= 0.3 is 0 Å². The molecule has 0 aliphatic heterocycles. The van der Waals surface area contributed by atoms with Crippen LogP contribution in [-0.2, 0) is 6.54 Å². The molecule has 0 amide bonds. The van der Waals surface area contributed by atoms with Crippen molar-refractivity contribution in [2.45, 2.75) is 27.3 Å². The lowest BCUT2D eigenvalue weighted by molar-refractivity contribution is 0.217. The van der Waals surface area contributed by atoms with Gasteiger partial charge in [-0.15, -0.1) is 0 Å². The summed E-state index contributed by atoms with van der Waals surface area (Å²) in [6.45, 7) is 8.09. The minimum absolute atomic E-state index is 0.198. The van der Waals surface area contributed by atoms with E-state index in [4.69, 9.17) is 9.84 Å². The molecule has 1 aromatic rings. The normalized spacial score (nSPS) is 11.0. The fourth-order valence-electron chi connectivity index (χ4n) is 2.07. The van der Waals surface area contributed by atoms with E-state index in [1.807, 2.05) is 7.05 Å². The fraction of sp³-hybridized carbons (Fsp3) is 0.571. The molecule has 0 unspecified atom stereocenters. The van der Waals surface area contributed by atoms with E-state index in [2.05, 4.69) is 31.7 Å². The molecule has 0 heterocycles. The number of aliphatic hydroxyl groups excluding tert-OH is 1. The van der Waals surface area contributed by atoms with E-state index in [9.17, 15) is 0 Å². The Morgan fingerprint density at radius 3 is 2.41 bits per heavy atom. The Morgan fingerprint density at radius 2 is 1.88 bits per heavy atom. The lowest BCUT2D eigenvalue weighted by Crippen LogP contribution is -2.22. The lowest BCUT2D eigenvalue weighted by atomic mass is 9.97. The molecule has 3 heteroatoms. The van der Waals surface area contributed by atoms with Crippen molar-refractivity contribution in [3.63, 3.8) is 0 Å². The highest BCUT2D eigenvalue weighted by molar-refractivity contribution is 5.48. The Kier molecular flexibility index (Phi) is 4.97. The van der Waals surface area contributed by atoms with Gasteiger partial charge in [0.05, 0.1) is 13.7 Å². The smallest absolute Gasteiger partial charge is 0.122 e. The van der Waals surface area contributed by atoms with Crippen LogP contribution in [0.4, 0.5) is 0 Å². The average Bonchev–Trinajstić information content (AvgIpc) is 2.29. The molecule has 0 fully saturated rings. The van der Waals surface area contributed by atoms with Gasteiger partial charge in [0.15, 0.2) is 0 Å². The molecule has 1 N–H and O–H groups in total. The fourth-order valence-corrected chi connectivity index (χ4v) is 2.07. The van der Waals surface area contributed by atoms with Crippen LogP contribution < -0.4 is 4.74 Å². The molecule has 0 atom stereocenters. The van der Waals surface area contributed by atoms with E-state index >= 15 is 0 Å². The van der Waals surface area contributed by atoms with E-state index < -0.39 is 0 Å². The first-order chi connectivity index (χ1) is 8.01. The number of nitrogens with zero attached hydrogens (tertiary/aromatic N) is 1. The summed E-state index contributed by atoms with van der Waals surface area (Å²) in [7, 11) is 3.73. The minimum Gasteiger partial charge on any atom is -0.496 e. The summed E-state index contributed by atoms with van der Waals surface area (Å²) in [5.74, 6) is 0.952. The van der Waals surface area contributed by atoms with Gasteiger partial charge in [0.25, 0.3) is 0 Å². The summed E-state index contributed by atoms with van der Waals surface area (Å²) in [5.41, 5.74) is 5.06. The topological polar surface area (TPSA) is 32.7 Å². The molecule has 0 aliphatic carbocycles. The highest BCUT2D eigenvalue weighted by Gasteiger charge is 2.12. The second kappa shape index (κ2) is 6.03. The number of hydrogen-bond donors (Lipinski definition) is 1. The Hall–Kier alpha value is -1.06. The van der Waals surface area contributed by atoms with Gasteiger partial charge in [-0.2, -0.15) is 0 Å². The molecule has 0 spiro atoms. The van der Waals surface area contributed by atoms with Crippen LogP contribution in [0, 0.1) is 20.8 Å². The molecule has 3 nitrogen and oxygen atoms in total.